The van der Waals surface area contributed by atoms with Gasteiger partial charge in [-0.25, -0.2) is 0 Å². The highest BCUT2D eigenvalue weighted by atomic mass is 19.4. The van der Waals surface area contributed by atoms with Crippen molar-refractivity contribution in [2.75, 3.05) is 32.8 Å². The Morgan fingerprint density at radius 3 is 2.48 bits per heavy atom. The topological polar surface area (TPSA) is 41.6 Å². The first kappa shape index (κ1) is 21.3. The summed E-state index contributed by atoms with van der Waals surface area (Å²) in [6.45, 7) is 3.85. The van der Waals surface area contributed by atoms with Crippen LogP contribution in [0.25, 0.3) is 0 Å². The van der Waals surface area contributed by atoms with Crippen LogP contribution in [0.3, 0.4) is 0 Å². The van der Waals surface area contributed by atoms with E-state index in [0.717, 1.165) is 44.6 Å². The average molecular weight is 406 g/mol. The Morgan fingerprint density at radius 2 is 1.79 bits per heavy atom. The highest BCUT2D eigenvalue weighted by Gasteiger charge is 2.30. The van der Waals surface area contributed by atoms with Gasteiger partial charge in [0, 0.05) is 25.2 Å². The van der Waals surface area contributed by atoms with Crippen LogP contribution >= 0.6 is 0 Å². The minimum absolute atomic E-state index is 0.0873. The first-order chi connectivity index (χ1) is 13.9. The molecule has 1 aliphatic heterocycles. The molecule has 1 amide bonds. The van der Waals surface area contributed by atoms with E-state index in [1.54, 1.807) is 0 Å². The summed E-state index contributed by atoms with van der Waals surface area (Å²) < 4.78 is 43.6. The number of alkyl halides is 3. The van der Waals surface area contributed by atoms with Crippen LogP contribution in [0.5, 0.6) is 0 Å². The van der Waals surface area contributed by atoms with E-state index in [9.17, 15) is 18.0 Å². The number of nitrogens with zero attached hydrogens (tertiary/aromatic N) is 1. The maximum Gasteiger partial charge on any atom is 0.416 e. The molecule has 2 aromatic carbocycles. The van der Waals surface area contributed by atoms with E-state index in [2.05, 4.69) is 22.3 Å². The number of hydrogen-bond acceptors (Lipinski definition) is 3. The molecule has 0 saturated carbocycles. The lowest BCUT2D eigenvalue weighted by Crippen LogP contribution is -2.39. The van der Waals surface area contributed by atoms with Crippen LogP contribution in [-0.2, 0) is 10.9 Å². The largest absolute Gasteiger partial charge is 0.416 e. The van der Waals surface area contributed by atoms with Crippen LogP contribution in [0.15, 0.2) is 54.6 Å². The molecule has 0 aromatic heterocycles. The molecule has 1 fully saturated rings. The molecule has 2 aromatic rings. The van der Waals surface area contributed by atoms with Crippen molar-refractivity contribution in [1.29, 1.82) is 0 Å². The van der Waals surface area contributed by atoms with Gasteiger partial charge in [0.1, 0.15) is 0 Å². The number of nitrogens with one attached hydrogen (secondary N) is 1. The highest BCUT2D eigenvalue weighted by molar-refractivity contribution is 5.94. The maximum atomic E-state index is 12.6. The molecular weight excluding hydrogens is 381 g/mol. The Morgan fingerprint density at radius 1 is 1.07 bits per heavy atom. The van der Waals surface area contributed by atoms with Crippen LogP contribution < -0.4 is 5.32 Å². The normalized spacial score (nSPS) is 17.8. The Hall–Kier alpha value is -2.38. The summed E-state index contributed by atoms with van der Waals surface area (Å²) in [5.74, 6) is -0.353. The van der Waals surface area contributed by atoms with E-state index < -0.39 is 11.7 Å². The van der Waals surface area contributed by atoms with Crippen LogP contribution in [-0.4, -0.2) is 43.6 Å². The second-order valence-electron chi connectivity index (χ2n) is 7.11. The van der Waals surface area contributed by atoms with Crippen molar-refractivity contribution in [3.05, 3.63) is 71.3 Å². The molecule has 0 radical (unpaired) electrons. The van der Waals surface area contributed by atoms with E-state index in [0.29, 0.717) is 13.2 Å². The molecule has 3 rings (SSSR count). The molecule has 1 unspecified atom stereocenters. The molecule has 0 spiro atoms. The van der Waals surface area contributed by atoms with Gasteiger partial charge in [-0.05, 0) is 49.2 Å². The Balaban J connectivity index is 1.36. The van der Waals surface area contributed by atoms with E-state index in [1.807, 2.05) is 18.2 Å². The number of carbonyl (C=O) groups is 1. The van der Waals surface area contributed by atoms with Crippen molar-refractivity contribution >= 4 is 5.91 Å². The molecule has 0 aliphatic carbocycles. The second-order valence-corrected chi connectivity index (χ2v) is 7.11. The van der Waals surface area contributed by atoms with E-state index in [-0.39, 0.29) is 17.6 Å². The quantitative estimate of drug-likeness (QED) is 0.698. The summed E-state index contributed by atoms with van der Waals surface area (Å²) in [7, 11) is 0. The van der Waals surface area contributed by atoms with Crippen molar-refractivity contribution in [2.24, 2.45) is 0 Å². The van der Waals surface area contributed by atoms with Gasteiger partial charge in [0.25, 0.3) is 5.91 Å². The number of amides is 1. The fourth-order valence-electron chi connectivity index (χ4n) is 3.35. The summed E-state index contributed by atoms with van der Waals surface area (Å²) in [6, 6.07) is 14.4. The van der Waals surface area contributed by atoms with E-state index in [1.165, 1.54) is 17.7 Å². The van der Waals surface area contributed by atoms with Crippen molar-refractivity contribution in [3.8, 4) is 0 Å². The monoisotopic (exact) mass is 406 g/mol. The van der Waals surface area contributed by atoms with Gasteiger partial charge in [-0.2, -0.15) is 13.2 Å². The van der Waals surface area contributed by atoms with Crippen LogP contribution in [0.2, 0.25) is 0 Å². The van der Waals surface area contributed by atoms with E-state index >= 15 is 0 Å². The standard InChI is InChI=1S/C22H25F3N2O2/c23-22(24,25)19-10-8-18(9-11-19)21(28)26-12-4-5-13-27-14-15-29-20(16-27)17-6-2-1-3-7-17/h1-3,6-11,20H,4-5,12-16H2,(H,26,28). The highest BCUT2D eigenvalue weighted by Crippen LogP contribution is 2.29. The second kappa shape index (κ2) is 9.89. The molecule has 7 heteroatoms. The Bertz CT molecular complexity index is 779. The molecule has 0 bridgehead atoms. The first-order valence-electron chi connectivity index (χ1n) is 9.78. The van der Waals surface area contributed by atoms with Gasteiger partial charge in [0.2, 0.25) is 0 Å². The summed E-state index contributed by atoms with van der Waals surface area (Å²) in [4.78, 5) is 14.4. The van der Waals surface area contributed by atoms with Crippen LogP contribution in [0, 0.1) is 0 Å². The first-order valence-corrected chi connectivity index (χ1v) is 9.78. The third-order valence-electron chi connectivity index (χ3n) is 4.98. The average Bonchev–Trinajstić information content (AvgIpc) is 2.74. The predicted octanol–water partition coefficient (Wildman–Crippen LogP) is 4.29. The zero-order valence-electron chi connectivity index (χ0n) is 16.1. The molecule has 1 atom stereocenters. The molecule has 1 N–H and O–H groups in total. The number of unbranched alkanes of at least 4 members (excludes halogenated alkanes) is 1. The lowest BCUT2D eigenvalue weighted by molar-refractivity contribution is -0.137. The van der Waals surface area contributed by atoms with Crippen molar-refractivity contribution in [3.63, 3.8) is 0 Å². The number of halogens is 3. The van der Waals surface area contributed by atoms with Gasteiger partial charge in [-0.1, -0.05) is 30.3 Å². The van der Waals surface area contributed by atoms with Gasteiger partial charge >= 0.3 is 6.18 Å². The third kappa shape index (κ3) is 6.30. The number of benzene rings is 2. The Kier molecular flexibility index (Phi) is 7.28. The van der Waals surface area contributed by atoms with Crippen LogP contribution in [0.4, 0.5) is 13.2 Å². The van der Waals surface area contributed by atoms with Crippen molar-refractivity contribution < 1.29 is 22.7 Å². The zero-order chi connectivity index (χ0) is 20.7. The Labute approximate surface area is 168 Å². The number of carbonyl (C=O) groups excluding carboxylic acids is 1. The van der Waals surface area contributed by atoms with Gasteiger partial charge < -0.3 is 10.1 Å². The van der Waals surface area contributed by atoms with Crippen molar-refractivity contribution in [2.45, 2.75) is 25.1 Å². The van der Waals surface area contributed by atoms with Gasteiger partial charge in [0.15, 0.2) is 0 Å². The van der Waals surface area contributed by atoms with E-state index in [4.69, 9.17) is 4.74 Å². The fourth-order valence-corrected chi connectivity index (χ4v) is 3.35. The number of hydrogen-bond donors (Lipinski definition) is 1. The smallest absolute Gasteiger partial charge is 0.371 e. The van der Waals surface area contributed by atoms with Crippen molar-refractivity contribution in [1.82, 2.24) is 10.2 Å². The lowest BCUT2D eigenvalue weighted by Gasteiger charge is -2.33. The van der Waals surface area contributed by atoms with Gasteiger partial charge in [0.05, 0.1) is 18.3 Å². The minimum atomic E-state index is -4.39. The third-order valence-corrected chi connectivity index (χ3v) is 4.98. The number of morpholine rings is 1. The molecule has 1 heterocycles. The molecule has 156 valence electrons. The molecular formula is C22H25F3N2O2. The molecule has 1 aliphatic rings. The number of ether oxygens (including phenoxy) is 1. The summed E-state index contributed by atoms with van der Waals surface area (Å²) >= 11 is 0. The minimum Gasteiger partial charge on any atom is -0.371 e. The predicted molar refractivity (Wildman–Crippen MR) is 105 cm³/mol. The molecule has 4 nitrogen and oxygen atoms in total. The zero-order valence-corrected chi connectivity index (χ0v) is 16.1. The van der Waals surface area contributed by atoms with Gasteiger partial charge in [-0.15, -0.1) is 0 Å². The summed E-state index contributed by atoms with van der Waals surface area (Å²) in [5, 5.41) is 2.77. The fraction of sp³-hybridized carbons (Fsp3) is 0.409. The maximum absolute atomic E-state index is 12.6. The van der Waals surface area contributed by atoms with Crippen LogP contribution in [0.1, 0.15) is 40.4 Å². The molecule has 29 heavy (non-hydrogen) atoms. The summed E-state index contributed by atoms with van der Waals surface area (Å²) in [6.07, 6.45) is -2.58. The lowest BCUT2D eigenvalue weighted by atomic mass is 10.1. The van der Waals surface area contributed by atoms with Gasteiger partial charge in [-0.3, -0.25) is 9.69 Å². The SMILES string of the molecule is O=C(NCCCCN1CCOC(c2ccccc2)C1)c1ccc(C(F)(F)F)cc1. The number of rotatable bonds is 7. The summed E-state index contributed by atoms with van der Waals surface area (Å²) in [5.41, 5.74) is 0.659. The molecule has 1 saturated heterocycles.